The minimum Gasteiger partial charge on any atom is -0.457 e. The highest BCUT2D eigenvalue weighted by atomic mass is 16.5. The third-order valence-corrected chi connectivity index (χ3v) is 15.4. The predicted octanol–water partition coefficient (Wildman–Crippen LogP) is 18.1. The van der Waals surface area contributed by atoms with E-state index in [1.165, 1.54) is 61.3 Å². The zero-order valence-electron chi connectivity index (χ0n) is 44.0. The molecule has 11 rings (SSSR count). The van der Waals surface area contributed by atoms with Crippen molar-refractivity contribution in [3.05, 3.63) is 240 Å². The third-order valence-electron chi connectivity index (χ3n) is 15.4. The highest BCUT2D eigenvalue weighted by Crippen LogP contribution is 2.49. The quantitative estimate of drug-likeness (QED) is 0.137. The standard InChI is InChI=1S/C68H66N4O/c1-65(2,3)50-30-33-61-63(41-50)71(45-70(61)54-37-47(46-22-14-11-15-23-46)36-53(39-54)68(9,10)49-26-18-13-19-27-49)55-38-52(66(4,5)6)40-57(43-55)73-56-31-32-59-58-28-20-21-29-60(58)72(62(59)44-56)64-42-51(34-35-69-64)67(7,8)48-24-16-12-17-25-48/h11-44H,45H2,1-10H3. The van der Waals surface area contributed by atoms with Crippen LogP contribution in [0.5, 0.6) is 11.5 Å². The maximum atomic E-state index is 7.11. The van der Waals surface area contributed by atoms with E-state index in [4.69, 9.17) is 9.72 Å². The molecular formula is C68H66N4O. The van der Waals surface area contributed by atoms with Gasteiger partial charge in [0, 0.05) is 51.3 Å². The van der Waals surface area contributed by atoms with Gasteiger partial charge in [-0.05, 0) is 122 Å². The monoisotopic (exact) mass is 955 g/mol. The summed E-state index contributed by atoms with van der Waals surface area (Å²) in [7, 11) is 0. The van der Waals surface area contributed by atoms with Gasteiger partial charge in [0.2, 0.25) is 0 Å². The van der Waals surface area contributed by atoms with Crippen molar-refractivity contribution in [2.24, 2.45) is 0 Å². The van der Waals surface area contributed by atoms with Gasteiger partial charge in [0.15, 0.2) is 0 Å². The average molecular weight is 955 g/mol. The van der Waals surface area contributed by atoms with Gasteiger partial charge < -0.3 is 14.5 Å². The fraction of sp³-hybridized carbons (Fsp3) is 0.221. The Morgan fingerprint density at radius 2 is 0.973 bits per heavy atom. The molecule has 0 bridgehead atoms. The molecule has 0 spiro atoms. The van der Waals surface area contributed by atoms with Crippen LogP contribution in [0.4, 0.5) is 22.7 Å². The van der Waals surface area contributed by atoms with Gasteiger partial charge in [-0.2, -0.15) is 0 Å². The summed E-state index contributed by atoms with van der Waals surface area (Å²) in [6.07, 6.45) is 1.95. The van der Waals surface area contributed by atoms with E-state index in [9.17, 15) is 0 Å². The Morgan fingerprint density at radius 3 is 1.66 bits per heavy atom. The van der Waals surface area contributed by atoms with E-state index in [-0.39, 0.29) is 21.7 Å². The van der Waals surface area contributed by atoms with Gasteiger partial charge >= 0.3 is 0 Å². The van der Waals surface area contributed by atoms with Crippen LogP contribution in [0.3, 0.4) is 0 Å². The molecule has 0 radical (unpaired) electrons. The number of para-hydroxylation sites is 1. The highest BCUT2D eigenvalue weighted by molar-refractivity contribution is 6.09. The molecule has 364 valence electrons. The Balaban J connectivity index is 1.02. The maximum absolute atomic E-state index is 7.11. The lowest BCUT2D eigenvalue weighted by atomic mass is 9.77. The number of nitrogens with zero attached hydrogens (tertiary/aromatic N) is 4. The molecule has 1 aliphatic rings. The van der Waals surface area contributed by atoms with Crippen LogP contribution in [-0.4, -0.2) is 16.2 Å². The summed E-state index contributed by atoms with van der Waals surface area (Å²) in [5.41, 5.74) is 15.9. The first-order chi connectivity index (χ1) is 34.9. The summed E-state index contributed by atoms with van der Waals surface area (Å²) in [4.78, 5) is 10.0. The average Bonchev–Trinajstić information content (AvgIpc) is 3.95. The zero-order chi connectivity index (χ0) is 50.9. The van der Waals surface area contributed by atoms with Gasteiger partial charge in [0.25, 0.3) is 0 Å². The molecule has 5 heteroatoms. The third kappa shape index (κ3) is 8.86. The number of fused-ring (bicyclic) bond motifs is 4. The van der Waals surface area contributed by atoms with Crippen LogP contribution >= 0.6 is 0 Å². The Kier molecular flexibility index (Phi) is 11.7. The second kappa shape index (κ2) is 18.0. The Labute approximate surface area is 432 Å². The second-order valence-electron chi connectivity index (χ2n) is 23.1. The van der Waals surface area contributed by atoms with Crippen molar-refractivity contribution >= 4 is 44.6 Å². The summed E-state index contributed by atoms with van der Waals surface area (Å²) in [5, 5.41) is 2.32. The second-order valence-corrected chi connectivity index (χ2v) is 23.1. The Bertz CT molecular complexity index is 3650. The zero-order valence-corrected chi connectivity index (χ0v) is 44.0. The Morgan fingerprint density at radius 1 is 0.384 bits per heavy atom. The molecule has 0 saturated heterocycles. The fourth-order valence-electron chi connectivity index (χ4n) is 10.7. The number of pyridine rings is 1. The van der Waals surface area contributed by atoms with Crippen molar-refractivity contribution in [1.82, 2.24) is 9.55 Å². The maximum Gasteiger partial charge on any atom is 0.137 e. The number of benzene rings is 8. The first kappa shape index (κ1) is 47.4. The van der Waals surface area contributed by atoms with Crippen LogP contribution in [0.25, 0.3) is 38.8 Å². The largest absolute Gasteiger partial charge is 0.457 e. The van der Waals surface area contributed by atoms with E-state index in [1.807, 2.05) is 6.20 Å². The fourth-order valence-corrected chi connectivity index (χ4v) is 10.7. The molecule has 1 aliphatic heterocycles. The number of anilines is 4. The number of hydrogen-bond acceptors (Lipinski definition) is 4. The molecule has 0 atom stereocenters. The first-order valence-electron chi connectivity index (χ1n) is 25.8. The van der Waals surface area contributed by atoms with E-state index in [0.717, 1.165) is 45.1 Å². The molecule has 0 unspecified atom stereocenters. The molecular weight excluding hydrogens is 889 g/mol. The van der Waals surface area contributed by atoms with Gasteiger partial charge in [-0.25, -0.2) is 4.98 Å². The smallest absolute Gasteiger partial charge is 0.137 e. The van der Waals surface area contributed by atoms with E-state index in [0.29, 0.717) is 6.67 Å². The minimum atomic E-state index is -0.246. The first-order valence-corrected chi connectivity index (χ1v) is 25.8. The van der Waals surface area contributed by atoms with E-state index < -0.39 is 0 Å². The van der Waals surface area contributed by atoms with Crippen LogP contribution in [-0.2, 0) is 21.7 Å². The molecule has 8 aromatic carbocycles. The lowest BCUT2D eigenvalue weighted by Gasteiger charge is -2.30. The van der Waals surface area contributed by atoms with Crippen LogP contribution in [0.15, 0.2) is 206 Å². The molecule has 0 aliphatic carbocycles. The van der Waals surface area contributed by atoms with Crippen LogP contribution in [0, 0.1) is 0 Å². The van der Waals surface area contributed by atoms with Crippen molar-refractivity contribution in [3.63, 3.8) is 0 Å². The van der Waals surface area contributed by atoms with Crippen LogP contribution < -0.4 is 14.5 Å². The highest BCUT2D eigenvalue weighted by Gasteiger charge is 2.33. The summed E-state index contributed by atoms with van der Waals surface area (Å²) in [5.74, 6) is 2.43. The summed E-state index contributed by atoms with van der Waals surface area (Å²) < 4.78 is 9.40. The van der Waals surface area contributed by atoms with Gasteiger partial charge in [0.1, 0.15) is 24.0 Å². The molecule has 3 heterocycles. The summed E-state index contributed by atoms with van der Waals surface area (Å²) in [6.45, 7) is 23.6. The van der Waals surface area contributed by atoms with Crippen molar-refractivity contribution in [3.8, 4) is 28.4 Å². The SMILES string of the molecule is CC(C)(C)c1cc(Oc2ccc3c4ccccc4n(-c4cc(C(C)(C)c5ccccc5)ccn4)c3c2)cc(N2CN(c3cc(-c4ccccc4)cc(C(C)(C)c4ccccc4)c3)c3ccc(C(C)(C)C)cc32)c1. The predicted molar refractivity (Wildman–Crippen MR) is 307 cm³/mol. The van der Waals surface area contributed by atoms with Gasteiger partial charge in [0.05, 0.1) is 22.4 Å². The number of aromatic nitrogens is 2. The molecule has 0 amide bonds. The van der Waals surface area contributed by atoms with Crippen molar-refractivity contribution in [1.29, 1.82) is 0 Å². The molecule has 0 N–H and O–H groups in total. The van der Waals surface area contributed by atoms with Gasteiger partial charge in [-0.15, -0.1) is 0 Å². The molecule has 73 heavy (non-hydrogen) atoms. The van der Waals surface area contributed by atoms with Crippen molar-refractivity contribution < 1.29 is 4.74 Å². The molecule has 5 nitrogen and oxygen atoms in total. The van der Waals surface area contributed by atoms with Crippen LogP contribution in [0.1, 0.15) is 103 Å². The molecule has 0 saturated carbocycles. The van der Waals surface area contributed by atoms with Gasteiger partial charge in [-0.1, -0.05) is 191 Å². The normalized spacial score (nSPS) is 13.2. The summed E-state index contributed by atoms with van der Waals surface area (Å²) >= 11 is 0. The number of rotatable bonds is 10. The summed E-state index contributed by atoms with van der Waals surface area (Å²) in [6, 6.07) is 73.0. The van der Waals surface area contributed by atoms with Crippen LogP contribution in [0.2, 0.25) is 0 Å². The van der Waals surface area contributed by atoms with Crippen molar-refractivity contribution in [2.45, 2.75) is 90.9 Å². The lowest BCUT2D eigenvalue weighted by molar-refractivity contribution is 0.479. The van der Waals surface area contributed by atoms with E-state index in [2.05, 4.69) is 284 Å². The van der Waals surface area contributed by atoms with E-state index >= 15 is 0 Å². The Hall–Kier alpha value is -7.89. The molecule has 10 aromatic rings. The molecule has 0 fully saturated rings. The number of hydrogen-bond donors (Lipinski definition) is 0. The number of ether oxygens (including phenoxy) is 1. The van der Waals surface area contributed by atoms with Crippen molar-refractivity contribution in [2.75, 3.05) is 16.5 Å². The van der Waals surface area contributed by atoms with Gasteiger partial charge in [-0.3, -0.25) is 4.57 Å². The van der Waals surface area contributed by atoms with E-state index in [1.54, 1.807) is 0 Å². The topological polar surface area (TPSA) is 33.5 Å². The minimum absolute atomic E-state index is 0.0498. The lowest BCUT2D eigenvalue weighted by Crippen LogP contribution is -2.25. The molecule has 2 aromatic heterocycles.